The molecule has 0 fully saturated rings. The van der Waals surface area contributed by atoms with Gasteiger partial charge in [0.1, 0.15) is 12.4 Å². The summed E-state index contributed by atoms with van der Waals surface area (Å²) in [5.74, 6) is 5.32. The van der Waals surface area contributed by atoms with Gasteiger partial charge in [0.05, 0.1) is 6.21 Å². The topological polar surface area (TPSA) is 47.6 Å². The summed E-state index contributed by atoms with van der Waals surface area (Å²) in [5, 5.41) is 3.31. The summed E-state index contributed by atoms with van der Waals surface area (Å²) in [5.41, 5.74) is 0.708. The number of ether oxygens (including phenoxy) is 1. The molecule has 0 saturated heterocycles. The van der Waals surface area contributed by atoms with E-state index in [0.717, 1.165) is 0 Å². The third-order valence-electron chi connectivity index (χ3n) is 1.46. The maximum absolute atomic E-state index is 11.8. The molecule has 0 aliphatic heterocycles. The zero-order valence-corrected chi connectivity index (χ0v) is 7.36. The molecule has 2 N–H and O–H groups in total. The van der Waals surface area contributed by atoms with Crippen molar-refractivity contribution in [2.45, 2.75) is 6.43 Å². The van der Waals surface area contributed by atoms with Gasteiger partial charge in [-0.3, -0.25) is 0 Å². The van der Waals surface area contributed by atoms with Gasteiger partial charge in [-0.05, 0) is 17.7 Å². The van der Waals surface area contributed by atoms with Crippen LogP contribution in [0, 0.1) is 0 Å². The van der Waals surface area contributed by atoms with Gasteiger partial charge in [-0.15, -0.1) is 0 Å². The Labute approximate surface area is 80.2 Å². The van der Waals surface area contributed by atoms with Crippen LogP contribution in [0.5, 0.6) is 5.75 Å². The van der Waals surface area contributed by atoms with E-state index in [1.807, 2.05) is 0 Å². The van der Waals surface area contributed by atoms with E-state index in [-0.39, 0.29) is 0 Å². The number of hydrogen-bond donors (Lipinski definition) is 1. The van der Waals surface area contributed by atoms with Crippen LogP contribution in [-0.4, -0.2) is 19.2 Å². The smallest absolute Gasteiger partial charge is 0.272 e. The Morgan fingerprint density at radius 2 is 2.29 bits per heavy atom. The van der Waals surface area contributed by atoms with Crippen molar-refractivity contribution in [2.75, 3.05) is 6.61 Å². The Kier molecular flexibility index (Phi) is 3.84. The van der Waals surface area contributed by atoms with Gasteiger partial charge in [0, 0.05) is 0 Å². The summed E-state index contributed by atoms with van der Waals surface area (Å²) >= 11 is 0. The molecule has 0 bridgehead atoms. The Bertz CT molecular complexity index is 315. The number of rotatable bonds is 4. The molecule has 0 radical (unpaired) electrons. The van der Waals surface area contributed by atoms with Gasteiger partial charge >= 0.3 is 0 Å². The summed E-state index contributed by atoms with van der Waals surface area (Å²) < 4.78 is 28.4. The van der Waals surface area contributed by atoms with E-state index in [0.29, 0.717) is 11.3 Å². The van der Waals surface area contributed by atoms with E-state index in [2.05, 4.69) is 5.10 Å². The van der Waals surface area contributed by atoms with Gasteiger partial charge in [-0.25, -0.2) is 8.78 Å². The van der Waals surface area contributed by atoms with Gasteiger partial charge in [-0.1, -0.05) is 12.1 Å². The number of hydrogen-bond acceptors (Lipinski definition) is 3. The van der Waals surface area contributed by atoms with Crippen molar-refractivity contribution in [3.05, 3.63) is 29.8 Å². The zero-order chi connectivity index (χ0) is 10.4. The highest BCUT2D eigenvalue weighted by molar-refractivity contribution is 5.79. The van der Waals surface area contributed by atoms with E-state index in [1.54, 1.807) is 24.3 Å². The van der Waals surface area contributed by atoms with E-state index in [1.165, 1.54) is 6.21 Å². The van der Waals surface area contributed by atoms with Crippen LogP contribution in [-0.2, 0) is 0 Å². The molecule has 76 valence electrons. The van der Waals surface area contributed by atoms with Crippen LogP contribution in [0.2, 0.25) is 0 Å². The Hall–Kier alpha value is -1.65. The lowest BCUT2D eigenvalue weighted by Crippen LogP contribution is -2.06. The van der Waals surface area contributed by atoms with E-state index >= 15 is 0 Å². The lowest BCUT2D eigenvalue weighted by atomic mass is 10.2. The standard InChI is InChI=1S/C9H10F2N2O/c10-9(11)6-14-8-3-1-2-7(4-8)5-13-12/h1-5,9H,6,12H2. The highest BCUT2D eigenvalue weighted by Crippen LogP contribution is 2.12. The van der Waals surface area contributed by atoms with Gasteiger partial charge < -0.3 is 10.6 Å². The van der Waals surface area contributed by atoms with Crippen molar-refractivity contribution in [3.8, 4) is 5.75 Å². The number of nitrogens with two attached hydrogens (primary N) is 1. The molecule has 0 amide bonds. The quantitative estimate of drug-likeness (QED) is 0.456. The zero-order valence-electron chi connectivity index (χ0n) is 7.36. The molecule has 0 aromatic heterocycles. The largest absolute Gasteiger partial charge is 0.488 e. The first kappa shape index (κ1) is 10.4. The minimum Gasteiger partial charge on any atom is -0.488 e. The molecule has 0 aliphatic carbocycles. The van der Waals surface area contributed by atoms with Gasteiger partial charge in [0.25, 0.3) is 6.43 Å². The number of benzene rings is 1. The van der Waals surface area contributed by atoms with Crippen LogP contribution in [0.25, 0.3) is 0 Å². The maximum Gasteiger partial charge on any atom is 0.272 e. The van der Waals surface area contributed by atoms with Crippen LogP contribution in [0.3, 0.4) is 0 Å². The number of alkyl halides is 2. The molecule has 0 atom stereocenters. The van der Waals surface area contributed by atoms with Crippen molar-refractivity contribution < 1.29 is 13.5 Å². The lowest BCUT2D eigenvalue weighted by molar-refractivity contribution is 0.0819. The predicted octanol–water partition coefficient (Wildman–Crippen LogP) is 1.62. The molecule has 0 spiro atoms. The number of halogens is 2. The van der Waals surface area contributed by atoms with Crippen molar-refractivity contribution >= 4 is 6.21 Å². The van der Waals surface area contributed by atoms with Crippen molar-refractivity contribution in [3.63, 3.8) is 0 Å². The third kappa shape index (κ3) is 3.38. The monoisotopic (exact) mass is 200 g/mol. The number of hydrazone groups is 1. The van der Waals surface area contributed by atoms with E-state index in [4.69, 9.17) is 10.6 Å². The summed E-state index contributed by atoms with van der Waals surface area (Å²) in [6.45, 7) is -0.608. The first-order valence-corrected chi connectivity index (χ1v) is 3.96. The Morgan fingerprint density at radius 1 is 1.50 bits per heavy atom. The molecule has 0 heterocycles. The maximum atomic E-state index is 11.8. The average molecular weight is 200 g/mol. The van der Waals surface area contributed by atoms with Crippen LogP contribution in [0.1, 0.15) is 5.56 Å². The second kappa shape index (κ2) is 5.16. The molecule has 1 aromatic carbocycles. The van der Waals surface area contributed by atoms with Gasteiger partial charge in [-0.2, -0.15) is 5.10 Å². The first-order valence-electron chi connectivity index (χ1n) is 3.96. The normalized spacial score (nSPS) is 11.1. The fourth-order valence-electron chi connectivity index (χ4n) is 0.930. The highest BCUT2D eigenvalue weighted by atomic mass is 19.3. The average Bonchev–Trinajstić information content (AvgIpc) is 2.16. The fraction of sp³-hybridized carbons (Fsp3) is 0.222. The molecule has 3 nitrogen and oxygen atoms in total. The third-order valence-corrected chi connectivity index (χ3v) is 1.46. The molecule has 1 aromatic rings. The minimum absolute atomic E-state index is 0.378. The van der Waals surface area contributed by atoms with Crippen molar-refractivity contribution in [1.29, 1.82) is 0 Å². The summed E-state index contributed by atoms with van der Waals surface area (Å²) in [7, 11) is 0. The van der Waals surface area contributed by atoms with Crippen LogP contribution >= 0.6 is 0 Å². The molecule has 5 heteroatoms. The second-order valence-electron chi connectivity index (χ2n) is 2.55. The van der Waals surface area contributed by atoms with Gasteiger partial charge in [0.15, 0.2) is 0 Å². The highest BCUT2D eigenvalue weighted by Gasteiger charge is 2.03. The van der Waals surface area contributed by atoms with E-state index < -0.39 is 13.0 Å². The van der Waals surface area contributed by atoms with Crippen LogP contribution in [0.15, 0.2) is 29.4 Å². The first-order chi connectivity index (χ1) is 6.72. The Balaban J connectivity index is 2.63. The molecule has 1 rings (SSSR count). The Morgan fingerprint density at radius 3 is 2.93 bits per heavy atom. The molecule has 14 heavy (non-hydrogen) atoms. The summed E-state index contributed by atoms with van der Waals surface area (Å²) in [4.78, 5) is 0. The van der Waals surface area contributed by atoms with E-state index in [9.17, 15) is 8.78 Å². The summed E-state index contributed by atoms with van der Waals surface area (Å²) in [6.07, 6.45) is -1.06. The molecule has 0 aliphatic rings. The SMILES string of the molecule is NN=Cc1cccc(OCC(F)F)c1. The molecule has 0 unspecified atom stereocenters. The molecular formula is C9H10F2N2O. The number of nitrogens with zero attached hydrogens (tertiary/aromatic N) is 1. The molecule has 0 saturated carbocycles. The minimum atomic E-state index is -2.47. The molecular weight excluding hydrogens is 190 g/mol. The van der Waals surface area contributed by atoms with Crippen molar-refractivity contribution in [1.82, 2.24) is 0 Å². The predicted molar refractivity (Wildman–Crippen MR) is 49.7 cm³/mol. The van der Waals surface area contributed by atoms with Crippen molar-refractivity contribution in [2.24, 2.45) is 10.9 Å². The fourth-order valence-corrected chi connectivity index (χ4v) is 0.930. The summed E-state index contributed by atoms with van der Waals surface area (Å²) in [6, 6.07) is 6.60. The lowest BCUT2D eigenvalue weighted by Gasteiger charge is -2.05. The van der Waals surface area contributed by atoms with Crippen LogP contribution < -0.4 is 10.6 Å². The van der Waals surface area contributed by atoms with Gasteiger partial charge in [0.2, 0.25) is 0 Å². The van der Waals surface area contributed by atoms with Crippen LogP contribution in [0.4, 0.5) is 8.78 Å². The second-order valence-corrected chi connectivity index (χ2v) is 2.55.